The molecule has 0 saturated heterocycles. The Balaban J connectivity index is 2.96. The SMILES string of the molecule is COC(=O)[C@H](C)c1ccc(F)c(N)c1. The molecule has 0 spiro atoms. The van der Waals surface area contributed by atoms with Crippen LogP contribution in [0.5, 0.6) is 0 Å². The first-order chi connectivity index (χ1) is 6.56. The van der Waals surface area contributed by atoms with Gasteiger partial charge in [-0.15, -0.1) is 0 Å². The van der Waals surface area contributed by atoms with E-state index in [2.05, 4.69) is 4.74 Å². The van der Waals surface area contributed by atoms with Gasteiger partial charge in [0.1, 0.15) is 5.82 Å². The van der Waals surface area contributed by atoms with Crippen molar-refractivity contribution >= 4 is 11.7 Å². The standard InChI is InChI=1S/C10H12FNO2/c1-6(10(13)14-2)7-3-4-8(11)9(12)5-7/h3-6H,12H2,1-2H3/t6-/m1/s1. The summed E-state index contributed by atoms with van der Waals surface area (Å²) in [7, 11) is 1.31. The molecule has 0 aromatic heterocycles. The number of nitrogens with two attached hydrogens (primary N) is 1. The number of ether oxygens (including phenoxy) is 1. The van der Waals surface area contributed by atoms with E-state index >= 15 is 0 Å². The van der Waals surface area contributed by atoms with E-state index in [1.54, 1.807) is 6.92 Å². The van der Waals surface area contributed by atoms with E-state index in [0.717, 1.165) is 0 Å². The van der Waals surface area contributed by atoms with Crippen molar-refractivity contribution < 1.29 is 13.9 Å². The molecule has 4 heteroatoms. The van der Waals surface area contributed by atoms with Gasteiger partial charge >= 0.3 is 5.97 Å². The van der Waals surface area contributed by atoms with Crippen LogP contribution in [-0.4, -0.2) is 13.1 Å². The van der Waals surface area contributed by atoms with E-state index < -0.39 is 11.7 Å². The number of carbonyl (C=O) groups is 1. The first-order valence-corrected chi connectivity index (χ1v) is 4.19. The van der Waals surface area contributed by atoms with Crippen molar-refractivity contribution in [1.29, 1.82) is 0 Å². The summed E-state index contributed by atoms with van der Waals surface area (Å²) in [5.41, 5.74) is 6.06. The number of methoxy groups -OCH3 is 1. The summed E-state index contributed by atoms with van der Waals surface area (Å²) >= 11 is 0. The van der Waals surface area contributed by atoms with Gasteiger partial charge in [0.05, 0.1) is 18.7 Å². The molecular weight excluding hydrogens is 185 g/mol. The minimum absolute atomic E-state index is 0.0400. The van der Waals surface area contributed by atoms with Crippen molar-refractivity contribution in [2.45, 2.75) is 12.8 Å². The summed E-state index contributed by atoms with van der Waals surface area (Å²) in [6.45, 7) is 1.68. The first-order valence-electron chi connectivity index (χ1n) is 4.19. The Morgan fingerprint density at radius 2 is 2.21 bits per heavy atom. The number of carbonyl (C=O) groups excluding carboxylic acids is 1. The predicted molar refractivity (Wildman–Crippen MR) is 51.2 cm³/mol. The smallest absolute Gasteiger partial charge is 0.312 e. The molecule has 0 aliphatic rings. The second-order valence-electron chi connectivity index (χ2n) is 3.03. The van der Waals surface area contributed by atoms with Gasteiger partial charge in [-0.2, -0.15) is 0 Å². The van der Waals surface area contributed by atoms with Gasteiger partial charge in [0.15, 0.2) is 0 Å². The number of esters is 1. The Labute approximate surface area is 81.7 Å². The van der Waals surface area contributed by atoms with Gasteiger partial charge in [-0.05, 0) is 24.6 Å². The lowest BCUT2D eigenvalue weighted by Gasteiger charge is -2.09. The van der Waals surface area contributed by atoms with Crippen LogP contribution in [0.2, 0.25) is 0 Å². The van der Waals surface area contributed by atoms with Gasteiger partial charge in [0.25, 0.3) is 0 Å². The van der Waals surface area contributed by atoms with Crippen LogP contribution in [0, 0.1) is 5.82 Å². The summed E-state index contributed by atoms with van der Waals surface area (Å²) in [5.74, 6) is -1.27. The summed E-state index contributed by atoms with van der Waals surface area (Å²) in [6, 6.07) is 4.20. The van der Waals surface area contributed by atoms with Gasteiger partial charge in [-0.25, -0.2) is 4.39 Å². The Morgan fingerprint density at radius 1 is 1.57 bits per heavy atom. The van der Waals surface area contributed by atoms with Crippen LogP contribution < -0.4 is 5.73 Å². The highest BCUT2D eigenvalue weighted by atomic mass is 19.1. The average Bonchev–Trinajstić information content (AvgIpc) is 2.20. The third-order valence-electron chi connectivity index (χ3n) is 2.07. The fraction of sp³-hybridized carbons (Fsp3) is 0.300. The zero-order chi connectivity index (χ0) is 10.7. The van der Waals surface area contributed by atoms with Crippen LogP contribution in [-0.2, 0) is 9.53 Å². The second kappa shape index (κ2) is 4.09. The van der Waals surface area contributed by atoms with Crippen molar-refractivity contribution in [3.05, 3.63) is 29.6 Å². The van der Waals surface area contributed by atoms with Gasteiger partial charge in [0.2, 0.25) is 0 Å². The minimum Gasteiger partial charge on any atom is -0.469 e. The number of benzene rings is 1. The fourth-order valence-electron chi connectivity index (χ4n) is 1.14. The summed E-state index contributed by atoms with van der Waals surface area (Å²) in [5, 5.41) is 0. The zero-order valence-corrected chi connectivity index (χ0v) is 8.08. The monoisotopic (exact) mass is 197 g/mol. The Bertz CT molecular complexity index is 352. The molecule has 0 fully saturated rings. The number of anilines is 1. The lowest BCUT2D eigenvalue weighted by Crippen LogP contribution is -2.11. The molecule has 14 heavy (non-hydrogen) atoms. The van der Waals surface area contributed by atoms with Crippen LogP contribution in [0.15, 0.2) is 18.2 Å². The van der Waals surface area contributed by atoms with Crippen molar-refractivity contribution in [1.82, 2.24) is 0 Å². The van der Waals surface area contributed by atoms with E-state index in [0.29, 0.717) is 5.56 Å². The maximum Gasteiger partial charge on any atom is 0.312 e. The molecule has 0 unspecified atom stereocenters. The molecule has 0 heterocycles. The van der Waals surface area contributed by atoms with E-state index in [-0.39, 0.29) is 11.7 Å². The van der Waals surface area contributed by atoms with E-state index in [4.69, 9.17) is 5.73 Å². The molecule has 2 N–H and O–H groups in total. The largest absolute Gasteiger partial charge is 0.469 e. The predicted octanol–water partition coefficient (Wildman–Crippen LogP) is 1.68. The summed E-state index contributed by atoms with van der Waals surface area (Å²) in [6.07, 6.45) is 0. The van der Waals surface area contributed by atoms with E-state index in [9.17, 15) is 9.18 Å². The van der Waals surface area contributed by atoms with Crippen molar-refractivity contribution in [2.24, 2.45) is 0 Å². The third-order valence-corrected chi connectivity index (χ3v) is 2.07. The van der Waals surface area contributed by atoms with Gasteiger partial charge in [-0.1, -0.05) is 6.07 Å². The summed E-state index contributed by atoms with van der Waals surface area (Å²) < 4.78 is 17.4. The molecule has 0 bridgehead atoms. The molecule has 0 aliphatic carbocycles. The lowest BCUT2D eigenvalue weighted by molar-refractivity contribution is -0.141. The highest BCUT2D eigenvalue weighted by molar-refractivity contribution is 5.77. The van der Waals surface area contributed by atoms with Crippen LogP contribution in [0.1, 0.15) is 18.4 Å². The Hall–Kier alpha value is -1.58. The molecule has 0 aliphatic heterocycles. The molecule has 1 aromatic rings. The topological polar surface area (TPSA) is 52.3 Å². The van der Waals surface area contributed by atoms with Gasteiger partial charge in [0, 0.05) is 0 Å². The van der Waals surface area contributed by atoms with Crippen LogP contribution in [0.4, 0.5) is 10.1 Å². The second-order valence-corrected chi connectivity index (χ2v) is 3.03. The Morgan fingerprint density at radius 3 is 2.71 bits per heavy atom. The van der Waals surface area contributed by atoms with E-state index in [1.165, 1.54) is 25.3 Å². The van der Waals surface area contributed by atoms with Crippen LogP contribution in [0.25, 0.3) is 0 Å². The maximum absolute atomic E-state index is 12.8. The van der Waals surface area contributed by atoms with Crippen molar-refractivity contribution in [2.75, 3.05) is 12.8 Å². The molecule has 0 amide bonds. The summed E-state index contributed by atoms with van der Waals surface area (Å²) in [4.78, 5) is 11.2. The molecular formula is C10H12FNO2. The van der Waals surface area contributed by atoms with Crippen LogP contribution in [0.3, 0.4) is 0 Å². The molecule has 0 saturated carbocycles. The number of halogens is 1. The van der Waals surface area contributed by atoms with Crippen molar-refractivity contribution in [3.63, 3.8) is 0 Å². The van der Waals surface area contributed by atoms with Crippen LogP contribution >= 0.6 is 0 Å². The third kappa shape index (κ3) is 2.02. The quantitative estimate of drug-likeness (QED) is 0.579. The zero-order valence-electron chi connectivity index (χ0n) is 8.08. The molecule has 3 nitrogen and oxygen atoms in total. The fourth-order valence-corrected chi connectivity index (χ4v) is 1.14. The molecule has 1 aromatic carbocycles. The average molecular weight is 197 g/mol. The molecule has 76 valence electrons. The highest BCUT2D eigenvalue weighted by Crippen LogP contribution is 2.20. The van der Waals surface area contributed by atoms with Crippen molar-refractivity contribution in [3.8, 4) is 0 Å². The van der Waals surface area contributed by atoms with E-state index in [1.807, 2.05) is 0 Å². The number of hydrogen-bond acceptors (Lipinski definition) is 3. The Kier molecular flexibility index (Phi) is 3.06. The molecule has 1 atom stereocenters. The number of rotatable bonds is 2. The minimum atomic E-state index is -0.481. The van der Waals surface area contributed by atoms with Gasteiger partial charge < -0.3 is 10.5 Å². The number of nitrogen functional groups attached to an aromatic ring is 1. The first kappa shape index (κ1) is 10.5. The molecule has 1 rings (SSSR count). The maximum atomic E-state index is 12.8. The highest BCUT2D eigenvalue weighted by Gasteiger charge is 2.16. The normalized spacial score (nSPS) is 12.2. The van der Waals surface area contributed by atoms with Gasteiger partial charge in [-0.3, -0.25) is 4.79 Å². The number of hydrogen-bond donors (Lipinski definition) is 1. The molecule has 0 radical (unpaired) electrons. The lowest BCUT2D eigenvalue weighted by atomic mass is 10.0.